The SMILES string of the molecule is COC/C(N)=C(\C=O)N1CCc2ccc(CNC(=O)c3nc4scc(CC(N)=O)c4c(=O)[nH]3)cc2C1. The molecule has 12 heteroatoms. The van der Waals surface area contributed by atoms with E-state index >= 15 is 0 Å². The fraction of sp³-hybridized carbons (Fsp3) is 0.292. The van der Waals surface area contributed by atoms with E-state index in [0.29, 0.717) is 34.9 Å². The molecule has 11 nitrogen and oxygen atoms in total. The Morgan fingerprint density at radius 3 is 2.83 bits per heavy atom. The van der Waals surface area contributed by atoms with Gasteiger partial charge in [0.1, 0.15) is 4.83 Å². The Balaban J connectivity index is 1.47. The number of thiophene rings is 1. The molecule has 3 aromatic rings. The van der Waals surface area contributed by atoms with E-state index in [-0.39, 0.29) is 30.8 Å². The van der Waals surface area contributed by atoms with Crippen LogP contribution in [0.2, 0.25) is 0 Å². The minimum absolute atomic E-state index is 0.0742. The number of fused-ring (bicyclic) bond motifs is 2. The number of nitrogens with one attached hydrogen (secondary N) is 2. The number of hydrogen-bond donors (Lipinski definition) is 4. The maximum absolute atomic E-state index is 12.7. The average Bonchev–Trinajstić information content (AvgIpc) is 3.25. The highest BCUT2D eigenvalue weighted by Crippen LogP contribution is 2.24. The number of H-pyrrole nitrogens is 1. The van der Waals surface area contributed by atoms with Crippen molar-refractivity contribution < 1.29 is 19.1 Å². The third-order valence-corrected chi connectivity index (χ3v) is 6.84. The van der Waals surface area contributed by atoms with Gasteiger partial charge in [-0.3, -0.25) is 19.2 Å². The summed E-state index contributed by atoms with van der Waals surface area (Å²) in [4.78, 5) is 57.1. The predicted molar refractivity (Wildman–Crippen MR) is 134 cm³/mol. The zero-order chi connectivity index (χ0) is 25.8. The second-order valence-corrected chi connectivity index (χ2v) is 9.28. The van der Waals surface area contributed by atoms with E-state index in [0.717, 1.165) is 29.4 Å². The molecule has 0 atom stereocenters. The van der Waals surface area contributed by atoms with Gasteiger partial charge in [0.2, 0.25) is 11.7 Å². The van der Waals surface area contributed by atoms with Gasteiger partial charge in [-0.05, 0) is 34.1 Å². The number of ether oxygens (including phenoxy) is 1. The Morgan fingerprint density at radius 1 is 1.31 bits per heavy atom. The van der Waals surface area contributed by atoms with E-state index in [2.05, 4.69) is 15.3 Å². The average molecular weight is 511 g/mol. The van der Waals surface area contributed by atoms with Crippen molar-refractivity contribution in [2.45, 2.75) is 25.9 Å². The molecule has 1 aromatic carbocycles. The summed E-state index contributed by atoms with van der Waals surface area (Å²) in [6, 6.07) is 5.92. The highest BCUT2D eigenvalue weighted by atomic mass is 32.1. The maximum Gasteiger partial charge on any atom is 0.287 e. The number of benzene rings is 1. The number of aromatic nitrogens is 2. The molecule has 0 fully saturated rings. The smallest absolute Gasteiger partial charge is 0.287 e. The van der Waals surface area contributed by atoms with Crippen LogP contribution >= 0.6 is 11.3 Å². The number of methoxy groups -OCH3 is 1. The first-order chi connectivity index (χ1) is 17.3. The number of aldehydes is 1. The van der Waals surface area contributed by atoms with Crippen LogP contribution in [0, 0.1) is 0 Å². The summed E-state index contributed by atoms with van der Waals surface area (Å²) in [5.41, 5.74) is 15.1. The molecular weight excluding hydrogens is 484 g/mol. The van der Waals surface area contributed by atoms with Crippen LogP contribution < -0.4 is 22.3 Å². The van der Waals surface area contributed by atoms with Gasteiger partial charge in [-0.1, -0.05) is 18.2 Å². The van der Waals surface area contributed by atoms with Gasteiger partial charge in [-0.25, -0.2) is 4.98 Å². The second-order valence-electron chi connectivity index (χ2n) is 8.42. The van der Waals surface area contributed by atoms with Crippen molar-refractivity contribution in [2.24, 2.45) is 11.5 Å². The third kappa shape index (κ3) is 5.29. The van der Waals surface area contributed by atoms with Gasteiger partial charge in [0, 0.05) is 26.7 Å². The molecule has 36 heavy (non-hydrogen) atoms. The first-order valence-corrected chi connectivity index (χ1v) is 12.0. The second kappa shape index (κ2) is 10.7. The Bertz CT molecular complexity index is 1430. The quantitative estimate of drug-likeness (QED) is 0.235. The van der Waals surface area contributed by atoms with Crippen LogP contribution in [-0.2, 0) is 40.3 Å². The summed E-state index contributed by atoms with van der Waals surface area (Å²) in [6.07, 6.45) is 1.43. The molecule has 188 valence electrons. The van der Waals surface area contributed by atoms with E-state index in [1.165, 1.54) is 18.4 Å². The Labute approximate surface area is 210 Å². The fourth-order valence-electron chi connectivity index (χ4n) is 4.21. The van der Waals surface area contributed by atoms with Crippen molar-refractivity contribution >= 4 is 39.7 Å². The molecule has 4 rings (SSSR count). The minimum Gasteiger partial charge on any atom is -0.398 e. The molecule has 0 radical (unpaired) electrons. The van der Waals surface area contributed by atoms with Gasteiger partial charge in [-0.2, -0.15) is 0 Å². The number of carbonyl (C=O) groups excluding carboxylic acids is 3. The summed E-state index contributed by atoms with van der Waals surface area (Å²) in [5.74, 6) is -1.20. The third-order valence-electron chi connectivity index (χ3n) is 5.92. The number of amides is 2. The molecule has 0 saturated heterocycles. The highest BCUT2D eigenvalue weighted by Gasteiger charge is 2.21. The number of aromatic amines is 1. The number of hydrogen-bond acceptors (Lipinski definition) is 9. The van der Waals surface area contributed by atoms with Crippen LogP contribution in [0.4, 0.5) is 0 Å². The first kappa shape index (κ1) is 25.1. The first-order valence-electron chi connectivity index (χ1n) is 11.2. The van der Waals surface area contributed by atoms with Gasteiger partial charge < -0.3 is 31.4 Å². The topological polar surface area (TPSA) is 173 Å². The zero-order valence-corrected chi connectivity index (χ0v) is 20.4. The van der Waals surface area contributed by atoms with Crippen LogP contribution in [0.5, 0.6) is 0 Å². The highest BCUT2D eigenvalue weighted by molar-refractivity contribution is 7.16. The van der Waals surface area contributed by atoms with E-state index in [1.807, 2.05) is 23.1 Å². The molecule has 6 N–H and O–H groups in total. The summed E-state index contributed by atoms with van der Waals surface area (Å²) in [6.45, 7) is 1.55. The lowest BCUT2D eigenvalue weighted by Crippen LogP contribution is -2.33. The molecule has 3 heterocycles. The van der Waals surface area contributed by atoms with Crippen LogP contribution in [0.3, 0.4) is 0 Å². The summed E-state index contributed by atoms with van der Waals surface area (Å²) >= 11 is 1.17. The molecule has 1 aliphatic rings. The van der Waals surface area contributed by atoms with Gasteiger partial charge in [0.25, 0.3) is 11.5 Å². The van der Waals surface area contributed by atoms with Gasteiger partial charge in [-0.15, -0.1) is 11.3 Å². The lowest BCUT2D eigenvalue weighted by molar-refractivity contribution is -0.117. The number of nitrogens with two attached hydrogens (primary N) is 2. The van der Waals surface area contributed by atoms with Crippen LogP contribution in [0.15, 0.2) is 39.8 Å². The van der Waals surface area contributed by atoms with Crippen molar-refractivity contribution in [3.8, 4) is 0 Å². The van der Waals surface area contributed by atoms with E-state index in [9.17, 15) is 19.2 Å². The van der Waals surface area contributed by atoms with E-state index in [4.69, 9.17) is 16.2 Å². The standard InChI is InChI=1S/C24H26N6O5S/c1-35-11-17(25)18(10-31)30-5-4-14-3-2-13(6-15(14)9-30)8-27-23(34)21-28-22(33)20-16(7-19(26)32)12-36-24(20)29-21/h2-3,6,10,12H,4-5,7-9,11,25H2,1H3,(H2,26,32)(H,27,34)(H,28,29,33)/b18-17-. The van der Waals surface area contributed by atoms with Crippen molar-refractivity contribution in [1.82, 2.24) is 20.2 Å². The molecule has 1 aliphatic heterocycles. The summed E-state index contributed by atoms with van der Waals surface area (Å²) < 4.78 is 5.05. The molecule has 0 spiro atoms. The molecule has 0 bridgehead atoms. The normalized spacial score (nSPS) is 13.8. The Kier molecular flexibility index (Phi) is 7.46. The number of carbonyl (C=O) groups is 3. The number of rotatable bonds is 9. The van der Waals surface area contributed by atoms with E-state index in [1.54, 1.807) is 5.38 Å². The monoisotopic (exact) mass is 510 g/mol. The van der Waals surface area contributed by atoms with Crippen molar-refractivity contribution in [1.29, 1.82) is 0 Å². The Hall–Kier alpha value is -4.03. The molecule has 0 unspecified atom stereocenters. The largest absolute Gasteiger partial charge is 0.398 e. The number of nitrogens with zero attached hydrogens (tertiary/aromatic N) is 2. The fourth-order valence-corrected chi connectivity index (χ4v) is 5.15. The van der Waals surface area contributed by atoms with Gasteiger partial charge in [0.05, 0.1) is 29.8 Å². The lowest BCUT2D eigenvalue weighted by atomic mass is 9.97. The lowest BCUT2D eigenvalue weighted by Gasteiger charge is -2.31. The maximum atomic E-state index is 12.7. The van der Waals surface area contributed by atoms with Crippen LogP contribution in [0.25, 0.3) is 10.2 Å². The van der Waals surface area contributed by atoms with Gasteiger partial charge >= 0.3 is 0 Å². The molecule has 2 aromatic heterocycles. The minimum atomic E-state index is -0.555. The summed E-state index contributed by atoms with van der Waals surface area (Å²) in [5, 5.41) is 4.69. The Morgan fingerprint density at radius 2 is 2.11 bits per heavy atom. The van der Waals surface area contributed by atoms with Crippen molar-refractivity contribution in [3.63, 3.8) is 0 Å². The molecular formula is C24H26N6O5S. The molecule has 0 saturated carbocycles. The van der Waals surface area contributed by atoms with Gasteiger partial charge in [0.15, 0.2) is 6.29 Å². The van der Waals surface area contributed by atoms with Crippen LogP contribution in [-0.4, -0.2) is 53.2 Å². The number of allylic oxidation sites excluding steroid dienone is 1. The summed E-state index contributed by atoms with van der Waals surface area (Å²) in [7, 11) is 1.52. The molecule has 0 aliphatic carbocycles. The zero-order valence-electron chi connectivity index (χ0n) is 19.6. The van der Waals surface area contributed by atoms with Crippen molar-refractivity contribution in [2.75, 3.05) is 20.3 Å². The van der Waals surface area contributed by atoms with Crippen LogP contribution in [0.1, 0.15) is 32.9 Å². The van der Waals surface area contributed by atoms with Crippen molar-refractivity contribution in [3.05, 3.63) is 73.4 Å². The number of primary amides is 1. The van der Waals surface area contributed by atoms with E-state index < -0.39 is 17.4 Å². The predicted octanol–water partition coefficient (Wildman–Crippen LogP) is 0.316. The molecule has 2 amide bonds.